The molecule has 0 aliphatic carbocycles. The minimum atomic E-state index is -0.558. The number of benzene rings is 1. The van der Waals surface area contributed by atoms with Crippen LogP contribution in [0.15, 0.2) is 30.6 Å². The van der Waals surface area contributed by atoms with E-state index < -0.39 is 6.10 Å². The maximum Gasteiger partial charge on any atom is 0.260 e. The Balaban J connectivity index is 1.44. The van der Waals surface area contributed by atoms with Gasteiger partial charge in [-0.05, 0) is 80.4 Å². The molecular formula is C19H28N6O2. The van der Waals surface area contributed by atoms with Gasteiger partial charge in [-0.15, -0.1) is 5.10 Å². The van der Waals surface area contributed by atoms with Crippen LogP contribution in [-0.2, 0) is 4.79 Å². The molecule has 2 atom stereocenters. The predicted molar refractivity (Wildman–Crippen MR) is 102 cm³/mol. The van der Waals surface area contributed by atoms with Crippen molar-refractivity contribution in [2.24, 2.45) is 5.92 Å². The van der Waals surface area contributed by atoms with Gasteiger partial charge < -0.3 is 10.1 Å². The summed E-state index contributed by atoms with van der Waals surface area (Å²) in [7, 11) is 0. The van der Waals surface area contributed by atoms with Crippen molar-refractivity contribution in [3.63, 3.8) is 0 Å². The van der Waals surface area contributed by atoms with Crippen LogP contribution < -0.4 is 10.1 Å². The third kappa shape index (κ3) is 5.26. The molecule has 1 saturated heterocycles. The van der Waals surface area contributed by atoms with Crippen LogP contribution in [0.25, 0.3) is 5.69 Å². The molecule has 2 aromatic rings. The van der Waals surface area contributed by atoms with Gasteiger partial charge in [0.2, 0.25) is 0 Å². The zero-order chi connectivity index (χ0) is 19.2. The second kappa shape index (κ2) is 8.94. The number of hydrogen-bond donors (Lipinski definition) is 1. The molecule has 3 rings (SSSR count). The SMILES string of the molecule is CC1CCN(C(C)CNC(=O)C(C)Oc2ccc(-n3cnnn3)cc2)CC1. The number of carbonyl (C=O) groups is 1. The van der Waals surface area contributed by atoms with E-state index in [0.717, 1.165) is 24.7 Å². The second-order valence-electron chi connectivity index (χ2n) is 7.32. The van der Waals surface area contributed by atoms with Crippen molar-refractivity contribution < 1.29 is 9.53 Å². The van der Waals surface area contributed by atoms with Gasteiger partial charge in [-0.2, -0.15) is 0 Å². The lowest BCUT2D eigenvalue weighted by atomic mass is 9.98. The Morgan fingerprint density at radius 2 is 1.96 bits per heavy atom. The smallest absolute Gasteiger partial charge is 0.260 e. The van der Waals surface area contributed by atoms with Crippen molar-refractivity contribution in [1.29, 1.82) is 0 Å². The maximum atomic E-state index is 12.4. The Morgan fingerprint density at radius 1 is 1.26 bits per heavy atom. The Morgan fingerprint density at radius 3 is 2.59 bits per heavy atom. The summed E-state index contributed by atoms with van der Waals surface area (Å²) in [6, 6.07) is 7.63. The second-order valence-corrected chi connectivity index (χ2v) is 7.32. The van der Waals surface area contributed by atoms with Crippen molar-refractivity contribution in [3.8, 4) is 11.4 Å². The lowest BCUT2D eigenvalue weighted by molar-refractivity contribution is -0.127. The molecule has 1 amide bonds. The van der Waals surface area contributed by atoms with E-state index >= 15 is 0 Å². The van der Waals surface area contributed by atoms with E-state index in [0.29, 0.717) is 18.3 Å². The number of aromatic nitrogens is 4. The number of rotatable bonds is 7. The highest BCUT2D eigenvalue weighted by atomic mass is 16.5. The van der Waals surface area contributed by atoms with Crippen LogP contribution in [0.5, 0.6) is 5.75 Å². The number of carbonyl (C=O) groups excluding carboxylic acids is 1. The van der Waals surface area contributed by atoms with Gasteiger partial charge in [-0.1, -0.05) is 6.92 Å². The topological polar surface area (TPSA) is 85.2 Å². The summed E-state index contributed by atoms with van der Waals surface area (Å²) in [5, 5.41) is 14.1. The van der Waals surface area contributed by atoms with Crippen molar-refractivity contribution in [3.05, 3.63) is 30.6 Å². The molecule has 2 heterocycles. The van der Waals surface area contributed by atoms with Gasteiger partial charge in [-0.25, -0.2) is 4.68 Å². The molecule has 1 aliphatic heterocycles. The molecule has 27 heavy (non-hydrogen) atoms. The van der Waals surface area contributed by atoms with Crippen molar-refractivity contribution in [2.75, 3.05) is 19.6 Å². The Kier molecular flexibility index (Phi) is 6.39. The van der Waals surface area contributed by atoms with Crippen molar-refractivity contribution in [2.45, 2.75) is 45.8 Å². The van der Waals surface area contributed by atoms with Crippen LogP contribution in [-0.4, -0.2) is 62.8 Å². The lowest BCUT2D eigenvalue weighted by Gasteiger charge is -2.35. The number of hydrogen-bond acceptors (Lipinski definition) is 6. The first-order valence-corrected chi connectivity index (χ1v) is 9.55. The molecule has 146 valence electrons. The molecule has 0 spiro atoms. The van der Waals surface area contributed by atoms with Crippen molar-refractivity contribution >= 4 is 5.91 Å². The summed E-state index contributed by atoms with van der Waals surface area (Å²) in [5.74, 6) is 1.34. The van der Waals surface area contributed by atoms with E-state index in [1.165, 1.54) is 19.2 Å². The van der Waals surface area contributed by atoms with Crippen LogP contribution in [0.4, 0.5) is 0 Å². The Bertz CT molecular complexity index is 710. The number of likely N-dealkylation sites (tertiary alicyclic amines) is 1. The summed E-state index contributed by atoms with van der Waals surface area (Å²) in [6.07, 6.45) is 3.44. The number of piperidine rings is 1. The Labute approximate surface area is 159 Å². The van der Waals surface area contributed by atoms with E-state index in [1.54, 1.807) is 23.7 Å². The number of amides is 1. The molecule has 8 heteroatoms. The molecule has 1 aromatic heterocycles. The van der Waals surface area contributed by atoms with E-state index in [-0.39, 0.29) is 5.91 Å². The Hall–Kier alpha value is -2.48. The molecule has 0 saturated carbocycles. The minimum absolute atomic E-state index is 0.100. The van der Waals surface area contributed by atoms with Gasteiger partial charge in [-0.3, -0.25) is 9.69 Å². The predicted octanol–water partition coefficient (Wildman–Crippen LogP) is 1.67. The molecule has 8 nitrogen and oxygen atoms in total. The van der Waals surface area contributed by atoms with E-state index in [9.17, 15) is 4.79 Å². The lowest BCUT2D eigenvalue weighted by Crippen LogP contribution is -2.47. The van der Waals surface area contributed by atoms with E-state index in [2.05, 4.69) is 39.6 Å². The molecule has 2 unspecified atom stereocenters. The van der Waals surface area contributed by atoms with E-state index in [4.69, 9.17) is 4.74 Å². The number of nitrogens with zero attached hydrogens (tertiary/aromatic N) is 5. The van der Waals surface area contributed by atoms with Crippen LogP contribution >= 0.6 is 0 Å². The van der Waals surface area contributed by atoms with E-state index in [1.807, 2.05) is 12.1 Å². The van der Waals surface area contributed by atoms with Gasteiger partial charge >= 0.3 is 0 Å². The molecule has 1 aromatic carbocycles. The number of ether oxygens (including phenoxy) is 1. The third-order valence-electron chi connectivity index (χ3n) is 5.15. The van der Waals surface area contributed by atoms with Crippen LogP contribution in [0, 0.1) is 5.92 Å². The number of nitrogens with one attached hydrogen (secondary N) is 1. The highest BCUT2D eigenvalue weighted by molar-refractivity contribution is 5.80. The average Bonchev–Trinajstić information content (AvgIpc) is 3.21. The standard InChI is InChI=1S/C19H28N6O2/c1-14-8-10-24(11-9-14)15(2)12-20-19(26)16(3)27-18-6-4-17(5-7-18)25-13-21-22-23-25/h4-7,13-16H,8-12H2,1-3H3,(H,20,26). The fourth-order valence-corrected chi connectivity index (χ4v) is 3.21. The van der Waals surface area contributed by atoms with Crippen molar-refractivity contribution in [1.82, 2.24) is 30.4 Å². The highest BCUT2D eigenvalue weighted by Crippen LogP contribution is 2.18. The molecule has 1 fully saturated rings. The average molecular weight is 372 g/mol. The quantitative estimate of drug-likeness (QED) is 0.796. The van der Waals surface area contributed by atoms with Crippen LogP contribution in [0.1, 0.15) is 33.6 Å². The first-order chi connectivity index (χ1) is 13.0. The minimum Gasteiger partial charge on any atom is -0.481 e. The van der Waals surface area contributed by atoms with Gasteiger partial charge in [0.15, 0.2) is 6.10 Å². The third-order valence-corrected chi connectivity index (χ3v) is 5.15. The molecule has 1 aliphatic rings. The molecule has 0 radical (unpaired) electrons. The zero-order valence-corrected chi connectivity index (χ0v) is 16.2. The maximum absolute atomic E-state index is 12.4. The molecule has 1 N–H and O–H groups in total. The normalized spacial score (nSPS) is 18.0. The van der Waals surface area contributed by atoms with Gasteiger partial charge in [0, 0.05) is 12.6 Å². The van der Waals surface area contributed by atoms with Crippen LogP contribution in [0.2, 0.25) is 0 Å². The fourth-order valence-electron chi connectivity index (χ4n) is 3.21. The molecule has 0 bridgehead atoms. The first-order valence-electron chi connectivity index (χ1n) is 9.55. The highest BCUT2D eigenvalue weighted by Gasteiger charge is 2.22. The van der Waals surface area contributed by atoms with Crippen LogP contribution in [0.3, 0.4) is 0 Å². The van der Waals surface area contributed by atoms with Gasteiger partial charge in [0.05, 0.1) is 5.69 Å². The fraction of sp³-hybridized carbons (Fsp3) is 0.579. The summed E-state index contributed by atoms with van der Waals surface area (Å²) in [4.78, 5) is 14.8. The number of tetrazole rings is 1. The summed E-state index contributed by atoms with van der Waals surface area (Å²) in [6.45, 7) is 9.09. The van der Waals surface area contributed by atoms with Gasteiger partial charge in [0.25, 0.3) is 5.91 Å². The molecular weight excluding hydrogens is 344 g/mol. The summed E-state index contributed by atoms with van der Waals surface area (Å²) in [5.41, 5.74) is 0.828. The largest absolute Gasteiger partial charge is 0.481 e. The summed E-state index contributed by atoms with van der Waals surface area (Å²) < 4.78 is 7.31. The first kappa shape index (κ1) is 19.3. The van der Waals surface area contributed by atoms with Gasteiger partial charge in [0.1, 0.15) is 12.1 Å². The monoisotopic (exact) mass is 372 g/mol. The summed E-state index contributed by atoms with van der Waals surface area (Å²) >= 11 is 0. The zero-order valence-electron chi connectivity index (χ0n) is 16.2.